The zero-order chi connectivity index (χ0) is 18.9. The van der Waals surface area contributed by atoms with Gasteiger partial charge >= 0.3 is 0 Å². The Morgan fingerprint density at radius 3 is 2.89 bits per heavy atom. The second-order valence-corrected chi connectivity index (χ2v) is 8.47. The van der Waals surface area contributed by atoms with E-state index >= 15 is 0 Å². The third-order valence-corrected chi connectivity index (χ3v) is 6.50. The minimum atomic E-state index is -3.72. The Kier molecular flexibility index (Phi) is 6.79. The lowest BCUT2D eigenvalue weighted by Crippen LogP contribution is -2.46. The molecule has 3 N–H and O–H groups in total. The number of hydrogen-bond acceptors (Lipinski definition) is 6. The molecule has 1 saturated heterocycles. The number of aromatic nitrogens is 3. The monoisotopic (exact) mass is 416 g/mol. The van der Waals surface area contributed by atoms with Gasteiger partial charge in [-0.3, -0.25) is 9.48 Å². The van der Waals surface area contributed by atoms with E-state index in [4.69, 9.17) is 5.73 Å². The predicted octanol–water partition coefficient (Wildman–Crippen LogP) is 0.174. The number of fused-ring (bicyclic) bond motifs is 1. The molecule has 11 heteroatoms. The smallest absolute Gasteiger partial charge is 0.244 e. The van der Waals surface area contributed by atoms with Gasteiger partial charge in [0.2, 0.25) is 15.9 Å². The summed E-state index contributed by atoms with van der Waals surface area (Å²) in [5.41, 5.74) is 6.77. The Bertz CT molecular complexity index is 930. The number of nitrogens with one attached hydrogen (secondary N) is 1. The standard InChI is InChI=1S/C16H24N6O3S.ClH/c1-11-14-8-13(9-19-15(14)21(2)20-11)26(24,25)22-7-3-4-12(10-22)16(23)18-6-5-17;/h8-9,12H,3-7,10,17H2,1-2H3,(H,18,23);1H. The Morgan fingerprint density at radius 2 is 2.19 bits per heavy atom. The summed E-state index contributed by atoms with van der Waals surface area (Å²) in [4.78, 5) is 16.6. The minimum absolute atomic E-state index is 0. The van der Waals surface area contributed by atoms with Crippen LogP contribution in [0.1, 0.15) is 18.5 Å². The molecule has 1 amide bonds. The second-order valence-electron chi connectivity index (χ2n) is 6.53. The first-order valence-electron chi connectivity index (χ1n) is 8.62. The number of pyridine rings is 1. The number of carbonyl (C=O) groups is 1. The van der Waals surface area contributed by atoms with Gasteiger partial charge in [-0.25, -0.2) is 13.4 Å². The van der Waals surface area contributed by atoms with Crippen LogP contribution < -0.4 is 11.1 Å². The predicted molar refractivity (Wildman–Crippen MR) is 104 cm³/mol. The van der Waals surface area contributed by atoms with Crippen LogP contribution in [0, 0.1) is 12.8 Å². The van der Waals surface area contributed by atoms with Crippen LogP contribution in [0.25, 0.3) is 11.0 Å². The molecule has 1 aliphatic rings. The lowest BCUT2D eigenvalue weighted by Gasteiger charge is -2.31. The molecule has 27 heavy (non-hydrogen) atoms. The quantitative estimate of drug-likeness (QED) is 0.716. The third-order valence-electron chi connectivity index (χ3n) is 4.67. The number of hydrogen-bond donors (Lipinski definition) is 2. The summed E-state index contributed by atoms with van der Waals surface area (Å²) in [6.07, 6.45) is 2.67. The van der Waals surface area contributed by atoms with E-state index in [0.717, 1.165) is 5.69 Å². The first kappa shape index (κ1) is 21.5. The second kappa shape index (κ2) is 8.51. The highest BCUT2D eigenvalue weighted by atomic mass is 35.5. The van der Waals surface area contributed by atoms with Gasteiger partial charge in [-0.15, -0.1) is 12.4 Å². The average molecular weight is 417 g/mol. The maximum atomic E-state index is 13.0. The molecule has 0 aliphatic carbocycles. The van der Waals surface area contributed by atoms with E-state index in [1.54, 1.807) is 17.8 Å². The number of amides is 1. The zero-order valence-electron chi connectivity index (χ0n) is 15.4. The van der Waals surface area contributed by atoms with E-state index in [1.807, 2.05) is 6.92 Å². The minimum Gasteiger partial charge on any atom is -0.355 e. The van der Waals surface area contributed by atoms with Crippen molar-refractivity contribution < 1.29 is 13.2 Å². The number of piperidine rings is 1. The Morgan fingerprint density at radius 1 is 1.44 bits per heavy atom. The summed E-state index contributed by atoms with van der Waals surface area (Å²) in [7, 11) is -1.95. The summed E-state index contributed by atoms with van der Waals surface area (Å²) in [6.45, 7) is 3.13. The fourth-order valence-corrected chi connectivity index (χ4v) is 4.79. The molecule has 9 nitrogen and oxygen atoms in total. The van der Waals surface area contributed by atoms with Crippen LogP contribution in [-0.4, -0.2) is 59.6 Å². The molecule has 3 rings (SSSR count). The summed E-state index contributed by atoms with van der Waals surface area (Å²) in [5, 5.41) is 7.72. The number of sulfonamides is 1. The van der Waals surface area contributed by atoms with E-state index < -0.39 is 10.0 Å². The molecule has 2 aromatic rings. The van der Waals surface area contributed by atoms with Crippen molar-refractivity contribution in [2.75, 3.05) is 26.2 Å². The van der Waals surface area contributed by atoms with Crippen molar-refractivity contribution in [2.45, 2.75) is 24.7 Å². The van der Waals surface area contributed by atoms with Crippen LogP contribution >= 0.6 is 12.4 Å². The third kappa shape index (κ3) is 4.23. The van der Waals surface area contributed by atoms with Crippen molar-refractivity contribution in [1.82, 2.24) is 24.4 Å². The Labute approximate surface area is 164 Å². The van der Waals surface area contributed by atoms with Gasteiger partial charge in [-0.2, -0.15) is 9.40 Å². The van der Waals surface area contributed by atoms with Crippen molar-refractivity contribution >= 4 is 39.4 Å². The fourth-order valence-electron chi connectivity index (χ4n) is 3.29. The van der Waals surface area contributed by atoms with Crippen LogP contribution in [0.4, 0.5) is 0 Å². The number of rotatable bonds is 5. The first-order valence-corrected chi connectivity index (χ1v) is 10.1. The van der Waals surface area contributed by atoms with Crippen LogP contribution in [-0.2, 0) is 21.9 Å². The molecule has 3 heterocycles. The molecular weight excluding hydrogens is 392 g/mol. The van der Waals surface area contributed by atoms with Crippen molar-refractivity contribution in [1.29, 1.82) is 0 Å². The van der Waals surface area contributed by atoms with Crippen molar-refractivity contribution in [2.24, 2.45) is 18.7 Å². The molecule has 0 spiro atoms. The average Bonchev–Trinajstić information content (AvgIpc) is 2.93. The molecule has 150 valence electrons. The highest BCUT2D eigenvalue weighted by Crippen LogP contribution is 2.26. The highest BCUT2D eigenvalue weighted by Gasteiger charge is 2.33. The highest BCUT2D eigenvalue weighted by molar-refractivity contribution is 7.89. The van der Waals surface area contributed by atoms with Crippen molar-refractivity contribution in [3.8, 4) is 0 Å². The molecule has 0 saturated carbocycles. The molecule has 1 aliphatic heterocycles. The topological polar surface area (TPSA) is 123 Å². The first-order chi connectivity index (χ1) is 12.3. The molecule has 1 atom stereocenters. The van der Waals surface area contributed by atoms with Gasteiger partial charge < -0.3 is 11.1 Å². The normalized spacial score (nSPS) is 18.3. The number of nitrogens with zero attached hydrogens (tertiary/aromatic N) is 4. The van der Waals surface area contributed by atoms with Crippen molar-refractivity contribution in [3.63, 3.8) is 0 Å². The van der Waals surface area contributed by atoms with E-state index in [1.165, 1.54) is 10.5 Å². The van der Waals surface area contributed by atoms with Gasteiger partial charge in [-0.1, -0.05) is 0 Å². The molecule has 0 bridgehead atoms. The zero-order valence-corrected chi connectivity index (χ0v) is 17.0. The lowest BCUT2D eigenvalue weighted by molar-refractivity contribution is -0.126. The van der Waals surface area contributed by atoms with Gasteiger partial charge in [0, 0.05) is 44.8 Å². The SMILES string of the molecule is Cc1nn(C)c2ncc(S(=O)(=O)N3CCCC(C(=O)NCCN)C3)cc12.Cl. The van der Waals surface area contributed by atoms with E-state index in [0.29, 0.717) is 43.5 Å². The molecule has 1 unspecified atom stereocenters. The van der Waals surface area contributed by atoms with Crippen LogP contribution in [0.3, 0.4) is 0 Å². The van der Waals surface area contributed by atoms with Gasteiger partial charge in [0.25, 0.3) is 0 Å². The number of nitrogens with two attached hydrogens (primary N) is 1. The fraction of sp³-hybridized carbons (Fsp3) is 0.562. The number of halogens is 1. The van der Waals surface area contributed by atoms with Gasteiger partial charge in [0.05, 0.1) is 11.6 Å². The molecular formula is C16H25ClN6O3S. The van der Waals surface area contributed by atoms with Crippen LogP contribution in [0.2, 0.25) is 0 Å². The van der Waals surface area contributed by atoms with Gasteiger partial charge in [-0.05, 0) is 25.8 Å². The Hall–Kier alpha value is -1.75. The largest absolute Gasteiger partial charge is 0.355 e. The molecule has 1 fully saturated rings. The Balaban J connectivity index is 0.00000261. The van der Waals surface area contributed by atoms with Gasteiger partial charge in [0.1, 0.15) is 4.90 Å². The van der Waals surface area contributed by atoms with Gasteiger partial charge in [0.15, 0.2) is 5.65 Å². The number of aryl methyl sites for hydroxylation is 2. The van der Waals surface area contributed by atoms with E-state index in [9.17, 15) is 13.2 Å². The van der Waals surface area contributed by atoms with Crippen LogP contribution in [0.5, 0.6) is 0 Å². The summed E-state index contributed by atoms with van der Waals surface area (Å²) in [5.74, 6) is -0.506. The lowest BCUT2D eigenvalue weighted by atomic mass is 9.99. The van der Waals surface area contributed by atoms with E-state index in [2.05, 4.69) is 15.4 Å². The summed E-state index contributed by atoms with van der Waals surface area (Å²) < 4.78 is 29.1. The maximum absolute atomic E-state index is 13.0. The molecule has 0 aromatic carbocycles. The summed E-state index contributed by atoms with van der Waals surface area (Å²) in [6, 6.07) is 1.61. The maximum Gasteiger partial charge on any atom is 0.244 e. The van der Waals surface area contributed by atoms with Crippen LogP contribution in [0.15, 0.2) is 17.2 Å². The number of carbonyl (C=O) groups excluding carboxylic acids is 1. The summed E-state index contributed by atoms with van der Waals surface area (Å²) >= 11 is 0. The molecule has 2 aromatic heterocycles. The van der Waals surface area contributed by atoms with Crippen molar-refractivity contribution in [3.05, 3.63) is 18.0 Å². The van der Waals surface area contributed by atoms with E-state index in [-0.39, 0.29) is 35.7 Å². The molecule has 0 radical (unpaired) electrons.